The number of anilines is 2. The summed E-state index contributed by atoms with van der Waals surface area (Å²) in [4.78, 5) is 24.8. The van der Waals surface area contributed by atoms with E-state index in [-0.39, 0.29) is 22.0 Å². The first kappa shape index (κ1) is 26.6. The standard InChI is InChI=1S/C25H16Cl2F3N3O3/c26-20-9-8-19(12-21(20)27)32-23(34)14-36-22-7-2-1-4-15(22)10-16(13-31)24(35)33-18-6-3-5-17(11-18)25(28,29)30/h1-12H,14H2,(H,32,34)(H,33,35)/b16-10+. The Morgan fingerprint density at radius 3 is 2.36 bits per heavy atom. The molecule has 0 saturated carbocycles. The van der Waals surface area contributed by atoms with Crippen molar-refractivity contribution in [3.63, 3.8) is 0 Å². The number of amides is 2. The van der Waals surface area contributed by atoms with Crippen LogP contribution in [0.2, 0.25) is 10.0 Å². The second-order valence-electron chi connectivity index (χ2n) is 7.21. The minimum Gasteiger partial charge on any atom is -0.483 e. The molecule has 11 heteroatoms. The summed E-state index contributed by atoms with van der Waals surface area (Å²) in [6.45, 7) is -0.399. The maximum absolute atomic E-state index is 12.9. The molecule has 3 rings (SSSR count). The monoisotopic (exact) mass is 533 g/mol. The van der Waals surface area contributed by atoms with Crippen molar-refractivity contribution in [2.45, 2.75) is 6.18 Å². The number of para-hydroxylation sites is 1. The first-order valence-electron chi connectivity index (χ1n) is 10.1. The average molecular weight is 534 g/mol. The van der Waals surface area contributed by atoms with Crippen molar-refractivity contribution in [2.75, 3.05) is 17.2 Å². The van der Waals surface area contributed by atoms with E-state index in [1.165, 1.54) is 30.3 Å². The second kappa shape index (κ2) is 11.6. The molecule has 0 aliphatic carbocycles. The third-order valence-electron chi connectivity index (χ3n) is 4.59. The Bertz CT molecular complexity index is 1370. The van der Waals surface area contributed by atoms with E-state index in [0.717, 1.165) is 18.2 Å². The fraction of sp³-hybridized carbons (Fsp3) is 0.0800. The molecule has 0 unspecified atom stereocenters. The Labute approximate surface area is 213 Å². The minimum absolute atomic E-state index is 0.125. The van der Waals surface area contributed by atoms with E-state index in [1.54, 1.807) is 30.3 Å². The van der Waals surface area contributed by atoms with Crippen molar-refractivity contribution < 1.29 is 27.5 Å². The topological polar surface area (TPSA) is 91.2 Å². The van der Waals surface area contributed by atoms with E-state index in [0.29, 0.717) is 16.3 Å². The van der Waals surface area contributed by atoms with Gasteiger partial charge in [0.2, 0.25) is 0 Å². The number of carbonyl (C=O) groups is 2. The van der Waals surface area contributed by atoms with Crippen LogP contribution in [0.4, 0.5) is 24.5 Å². The van der Waals surface area contributed by atoms with Crippen molar-refractivity contribution in [1.82, 2.24) is 0 Å². The van der Waals surface area contributed by atoms with Gasteiger partial charge < -0.3 is 15.4 Å². The molecule has 6 nitrogen and oxygen atoms in total. The molecule has 0 spiro atoms. The Kier molecular flexibility index (Phi) is 8.59. The molecule has 184 valence electrons. The molecule has 2 amide bonds. The van der Waals surface area contributed by atoms with Crippen molar-refractivity contribution in [2.24, 2.45) is 0 Å². The van der Waals surface area contributed by atoms with Crippen LogP contribution in [0.25, 0.3) is 6.08 Å². The van der Waals surface area contributed by atoms with Crippen LogP contribution in [0.3, 0.4) is 0 Å². The summed E-state index contributed by atoms with van der Waals surface area (Å²) in [7, 11) is 0. The van der Waals surface area contributed by atoms with Gasteiger partial charge in [-0.15, -0.1) is 0 Å². The van der Waals surface area contributed by atoms with Crippen molar-refractivity contribution >= 4 is 52.5 Å². The molecule has 3 aromatic rings. The summed E-state index contributed by atoms with van der Waals surface area (Å²) in [6.07, 6.45) is -3.38. The lowest BCUT2D eigenvalue weighted by Crippen LogP contribution is -2.20. The highest BCUT2D eigenvalue weighted by atomic mass is 35.5. The maximum Gasteiger partial charge on any atom is 0.416 e. The highest BCUT2D eigenvalue weighted by molar-refractivity contribution is 6.42. The number of carbonyl (C=O) groups excluding carboxylic acids is 2. The highest BCUT2D eigenvalue weighted by Crippen LogP contribution is 2.31. The quantitative estimate of drug-likeness (QED) is 0.265. The molecule has 36 heavy (non-hydrogen) atoms. The van der Waals surface area contributed by atoms with Gasteiger partial charge in [-0.3, -0.25) is 9.59 Å². The van der Waals surface area contributed by atoms with Crippen LogP contribution in [0, 0.1) is 11.3 Å². The molecule has 0 aliphatic heterocycles. The molecule has 3 aromatic carbocycles. The number of hydrogen-bond acceptors (Lipinski definition) is 4. The van der Waals surface area contributed by atoms with E-state index < -0.39 is 30.2 Å². The van der Waals surface area contributed by atoms with E-state index in [9.17, 15) is 28.0 Å². The van der Waals surface area contributed by atoms with Gasteiger partial charge in [-0.25, -0.2) is 0 Å². The Hall–Kier alpha value is -4.00. The van der Waals surface area contributed by atoms with Gasteiger partial charge in [0, 0.05) is 16.9 Å². The number of hydrogen-bond donors (Lipinski definition) is 2. The van der Waals surface area contributed by atoms with Crippen molar-refractivity contribution in [3.8, 4) is 11.8 Å². The molecular formula is C25H16Cl2F3N3O3. The lowest BCUT2D eigenvalue weighted by atomic mass is 10.1. The number of halogens is 5. The maximum atomic E-state index is 12.9. The average Bonchev–Trinajstić information content (AvgIpc) is 2.83. The number of ether oxygens (including phenoxy) is 1. The fourth-order valence-electron chi connectivity index (χ4n) is 2.92. The molecule has 0 bridgehead atoms. The molecule has 0 heterocycles. The molecule has 2 N–H and O–H groups in total. The molecule has 0 aromatic heterocycles. The highest BCUT2D eigenvalue weighted by Gasteiger charge is 2.30. The molecule has 0 fully saturated rings. The van der Waals surface area contributed by atoms with Gasteiger partial charge in [-0.2, -0.15) is 18.4 Å². The van der Waals surface area contributed by atoms with E-state index in [2.05, 4.69) is 10.6 Å². The normalized spacial score (nSPS) is 11.4. The summed E-state index contributed by atoms with van der Waals surface area (Å²) >= 11 is 11.8. The third-order valence-corrected chi connectivity index (χ3v) is 5.33. The van der Waals surface area contributed by atoms with Gasteiger partial charge in [-0.1, -0.05) is 47.5 Å². The number of benzene rings is 3. The van der Waals surface area contributed by atoms with Crippen LogP contribution in [0.1, 0.15) is 11.1 Å². The lowest BCUT2D eigenvalue weighted by Gasteiger charge is -2.11. The Morgan fingerprint density at radius 2 is 1.67 bits per heavy atom. The number of rotatable bonds is 7. The zero-order valence-electron chi connectivity index (χ0n) is 18.2. The van der Waals surface area contributed by atoms with E-state index >= 15 is 0 Å². The van der Waals surface area contributed by atoms with Gasteiger partial charge in [0.25, 0.3) is 11.8 Å². The van der Waals surface area contributed by atoms with E-state index in [1.807, 2.05) is 0 Å². The second-order valence-corrected chi connectivity index (χ2v) is 8.02. The SMILES string of the molecule is N#C/C(=C\c1ccccc1OCC(=O)Nc1ccc(Cl)c(Cl)c1)C(=O)Nc1cccc(C(F)(F)F)c1. The van der Waals surface area contributed by atoms with E-state index in [4.69, 9.17) is 27.9 Å². The zero-order valence-corrected chi connectivity index (χ0v) is 19.7. The van der Waals surface area contributed by atoms with Gasteiger partial charge in [0.1, 0.15) is 17.4 Å². The van der Waals surface area contributed by atoms with Crippen molar-refractivity contribution in [1.29, 1.82) is 5.26 Å². The first-order chi connectivity index (χ1) is 17.1. The van der Waals surface area contributed by atoms with Crippen LogP contribution in [0.15, 0.2) is 72.3 Å². The molecule has 0 aliphatic rings. The molecule has 0 saturated heterocycles. The third kappa shape index (κ3) is 7.25. The van der Waals surface area contributed by atoms with Crippen LogP contribution in [-0.4, -0.2) is 18.4 Å². The number of nitrogens with zero attached hydrogens (tertiary/aromatic N) is 1. The molecule has 0 radical (unpaired) electrons. The predicted octanol–water partition coefficient (Wildman–Crippen LogP) is 6.58. The summed E-state index contributed by atoms with van der Waals surface area (Å²) < 4.78 is 44.3. The number of nitriles is 1. The van der Waals surface area contributed by atoms with Crippen LogP contribution in [-0.2, 0) is 15.8 Å². The zero-order chi connectivity index (χ0) is 26.3. The lowest BCUT2D eigenvalue weighted by molar-refractivity contribution is -0.137. The molecule has 0 atom stereocenters. The summed E-state index contributed by atoms with van der Waals surface area (Å²) in [6, 6.07) is 16.6. The Balaban J connectivity index is 1.71. The minimum atomic E-state index is -4.59. The first-order valence-corrected chi connectivity index (χ1v) is 10.9. The summed E-state index contributed by atoms with van der Waals surface area (Å²) in [5, 5.41) is 14.9. The van der Waals surface area contributed by atoms with Gasteiger partial charge in [0.15, 0.2) is 6.61 Å². The van der Waals surface area contributed by atoms with Crippen LogP contribution < -0.4 is 15.4 Å². The van der Waals surface area contributed by atoms with Crippen LogP contribution >= 0.6 is 23.2 Å². The smallest absolute Gasteiger partial charge is 0.416 e. The van der Waals surface area contributed by atoms with Gasteiger partial charge >= 0.3 is 6.18 Å². The predicted molar refractivity (Wildman–Crippen MR) is 131 cm³/mol. The van der Waals surface area contributed by atoms with Gasteiger partial charge in [0.05, 0.1) is 15.6 Å². The number of nitrogens with one attached hydrogen (secondary N) is 2. The van der Waals surface area contributed by atoms with Gasteiger partial charge in [-0.05, 0) is 48.5 Å². The fourth-order valence-corrected chi connectivity index (χ4v) is 3.22. The Morgan fingerprint density at radius 1 is 0.944 bits per heavy atom. The van der Waals surface area contributed by atoms with Crippen LogP contribution in [0.5, 0.6) is 5.75 Å². The summed E-state index contributed by atoms with van der Waals surface area (Å²) in [5.41, 5.74) is -0.747. The largest absolute Gasteiger partial charge is 0.483 e. The molecular weight excluding hydrogens is 518 g/mol. The van der Waals surface area contributed by atoms with Crippen molar-refractivity contribution in [3.05, 3.63) is 93.5 Å². The summed E-state index contributed by atoms with van der Waals surface area (Å²) in [5.74, 6) is -1.22. The number of alkyl halides is 3.